The van der Waals surface area contributed by atoms with Crippen LogP contribution in [0, 0.1) is 20.8 Å². The van der Waals surface area contributed by atoms with Crippen LogP contribution in [-0.4, -0.2) is 30.9 Å². The summed E-state index contributed by atoms with van der Waals surface area (Å²) in [6, 6.07) is 13.1. The monoisotopic (exact) mass is 504 g/mol. The summed E-state index contributed by atoms with van der Waals surface area (Å²) in [7, 11) is -3.86. The summed E-state index contributed by atoms with van der Waals surface area (Å²) in [5, 5.41) is 2.67. The number of halogens is 1. The number of ether oxygens (including phenoxy) is 1. The number of benzene rings is 2. The van der Waals surface area contributed by atoms with Crippen molar-refractivity contribution >= 4 is 43.5 Å². The van der Waals surface area contributed by atoms with Crippen molar-refractivity contribution in [1.29, 1.82) is 0 Å². The van der Waals surface area contributed by atoms with Gasteiger partial charge in [0, 0.05) is 17.1 Å². The number of carbonyl (C=O) groups is 1. The molecule has 0 saturated heterocycles. The van der Waals surface area contributed by atoms with Crippen LogP contribution < -0.4 is 14.8 Å². The number of carbonyl (C=O) groups excluding carboxylic acids is 1. The summed E-state index contributed by atoms with van der Waals surface area (Å²) in [4.78, 5) is 20.3. The molecule has 0 saturated carbocycles. The Labute approximate surface area is 189 Å². The fraction of sp³-hybridized carbons (Fsp3) is 0.190. The van der Waals surface area contributed by atoms with Gasteiger partial charge in [0.05, 0.1) is 9.37 Å². The molecule has 0 spiro atoms. The lowest BCUT2D eigenvalue weighted by Gasteiger charge is -2.11. The van der Waals surface area contributed by atoms with Crippen LogP contribution in [0.3, 0.4) is 0 Å². The SMILES string of the molecule is Cc1ccc(OCC(=O)Nc2ccc(S(=O)(=O)Nc3nc(C)cc(C)n3)cc2)c(Br)c1. The molecule has 1 aromatic heterocycles. The van der Waals surface area contributed by atoms with E-state index in [1.165, 1.54) is 24.3 Å². The number of aromatic nitrogens is 2. The second-order valence-electron chi connectivity index (χ2n) is 6.87. The molecule has 0 unspecified atom stereocenters. The second kappa shape index (κ2) is 9.44. The first-order chi connectivity index (χ1) is 14.6. The number of hydrogen-bond acceptors (Lipinski definition) is 6. The van der Waals surface area contributed by atoms with E-state index < -0.39 is 10.0 Å². The average Bonchev–Trinajstić information content (AvgIpc) is 2.66. The third-order valence-corrected chi connectivity index (χ3v) is 6.07. The molecule has 3 rings (SSSR count). The predicted octanol–water partition coefficient (Wildman–Crippen LogP) is 3.98. The summed E-state index contributed by atoms with van der Waals surface area (Å²) in [6.07, 6.45) is 0. The van der Waals surface area contributed by atoms with E-state index in [1.807, 2.05) is 19.1 Å². The number of sulfonamides is 1. The molecule has 162 valence electrons. The third-order valence-electron chi connectivity index (χ3n) is 4.10. The minimum atomic E-state index is -3.86. The molecule has 0 atom stereocenters. The van der Waals surface area contributed by atoms with Gasteiger partial charge < -0.3 is 10.1 Å². The molecule has 31 heavy (non-hydrogen) atoms. The lowest BCUT2D eigenvalue weighted by Crippen LogP contribution is -2.20. The number of nitrogens with zero attached hydrogens (tertiary/aromatic N) is 2. The molecule has 8 nitrogen and oxygen atoms in total. The van der Waals surface area contributed by atoms with Crippen LogP contribution in [0.2, 0.25) is 0 Å². The molecule has 1 heterocycles. The van der Waals surface area contributed by atoms with Crippen molar-refractivity contribution in [2.24, 2.45) is 0 Å². The van der Waals surface area contributed by atoms with Crippen LogP contribution in [0.15, 0.2) is 57.9 Å². The van der Waals surface area contributed by atoms with Crippen molar-refractivity contribution in [2.45, 2.75) is 25.7 Å². The average molecular weight is 505 g/mol. The van der Waals surface area contributed by atoms with Gasteiger partial charge in [-0.3, -0.25) is 4.79 Å². The maximum atomic E-state index is 12.6. The number of amides is 1. The fourth-order valence-electron chi connectivity index (χ4n) is 2.73. The van der Waals surface area contributed by atoms with Crippen molar-refractivity contribution in [3.05, 3.63) is 70.0 Å². The van der Waals surface area contributed by atoms with Gasteiger partial charge in [0.15, 0.2) is 6.61 Å². The van der Waals surface area contributed by atoms with E-state index in [0.717, 1.165) is 10.0 Å². The van der Waals surface area contributed by atoms with Gasteiger partial charge in [-0.25, -0.2) is 23.1 Å². The van der Waals surface area contributed by atoms with Gasteiger partial charge >= 0.3 is 0 Å². The molecule has 3 aromatic rings. The quantitative estimate of drug-likeness (QED) is 0.503. The second-order valence-corrected chi connectivity index (χ2v) is 9.41. The first-order valence-corrected chi connectivity index (χ1v) is 11.5. The summed E-state index contributed by atoms with van der Waals surface area (Å²) in [5.74, 6) is 0.195. The Morgan fingerprint density at radius 3 is 2.26 bits per heavy atom. The van der Waals surface area contributed by atoms with Gasteiger partial charge in [-0.2, -0.15) is 0 Å². The van der Waals surface area contributed by atoms with E-state index in [0.29, 0.717) is 22.8 Å². The lowest BCUT2D eigenvalue weighted by atomic mass is 10.2. The number of anilines is 2. The molecule has 10 heteroatoms. The largest absolute Gasteiger partial charge is 0.483 e. The third kappa shape index (κ3) is 6.25. The van der Waals surface area contributed by atoms with Crippen LogP contribution in [0.5, 0.6) is 5.75 Å². The van der Waals surface area contributed by atoms with Crippen LogP contribution in [-0.2, 0) is 14.8 Å². The van der Waals surface area contributed by atoms with Gasteiger partial charge in [-0.05, 0) is 84.7 Å². The molecule has 2 aromatic carbocycles. The first-order valence-electron chi connectivity index (χ1n) is 9.26. The Bertz CT molecular complexity index is 1190. The Morgan fingerprint density at radius 2 is 1.65 bits per heavy atom. The van der Waals surface area contributed by atoms with E-state index >= 15 is 0 Å². The van der Waals surface area contributed by atoms with Crippen LogP contribution in [0.4, 0.5) is 11.6 Å². The highest BCUT2D eigenvalue weighted by Crippen LogP contribution is 2.25. The van der Waals surface area contributed by atoms with Gasteiger partial charge in [-0.15, -0.1) is 0 Å². The molecular weight excluding hydrogens is 484 g/mol. The predicted molar refractivity (Wildman–Crippen MR) is 122 cm³/mol. The van der Waals surface area contributed by atoms with E-state index in [4.69, 9.17) is 4.74 Å². The van der Waals surface area contributed by atoms with Crippen molar-refractivity contribution in [1.82, 2.24) is 9.97 Å². The van der Waals surface area contributed by atoms with Crippen LogP contribution in [0.1, 0.15) is 17.0 Å². The summed E-state index contributed by atoms with van der Waals surface area (Å²) in [6.45, 7) is 5.28. The molecular formula is C21H21BrN4O4S. The van der Waals surface area contributed by atoms with Gasteiger partial charge in [0.25, 0.3) is 15.9 Å². The topological polar surface area (TPSA) is 110 Å². The number of nitrogens with one attached hydrogen (secondary N) is 2. The standard InChI is InChI=1S/C21H21BrN4O4S/c1-13-4-9-19(18(22)10-13)30-12-20(27)25-16-5-7-17(8-6-16)31(28,29)26-21-23-14(2)11-15(3)24-21/h4-11H,12H2,1-3H3,(H,25,27)(H,23,24,26). The number of hydrogen-bond donors (Lipinski definition) is 2. The molecule has 0 radical (unpaired) electrons. The van der Waals surface area contributed by atoms with E-state index in [9.17, 15) is 13.2 Å². The summed E-state index contributed by atoms with van der Waals surface area (Å²) < 4.78 is 33.8. The lowest BCUT2D eigenvalue weighted by molar-refractivity contribution is -0.118. The summed E-state index contributed by atoms with van der Waals surface area (Å²) >= 11 is 3.39. The molecule has 0 bridgehead atoms. The minimum Gasteiger partial charge on any atom is -0.483 e. The molecule has 1 amide bonds. The van der Waals surface area contributed by atoms with E-state index in [2.05, 4.69) is 35.9 Å². The normalized spacial score (nSPS) is 11.1. The van der Waals surface area contributed by atoms with Gasteiger partial charge in [0.1, 0.15) is 5.75 Å². The maximum Gasteiger partial charge on any atom is 0.264 e. The van der Waals surface area contributed by atoms with E-state index in [-0.39, 0.29) is 23.4 Å². The van der Waals surface area contributed by atoms with Crippen LogP contribution >= 0.6 is 15.9 Å². The molecule has 0 aliphatic carbocycles. The number of aryl methyl sites for hydroxylation is 3. The zero-order chi connectivity index (χ0) is 22.6. The molecule has 0 aliphatic rings. The smallest absolute Gasteiger partial charge is 0.264 e. The van der Waals surface area contributed by atoms with Crippen molar-refractivity contribution in [3.63, 3.8) is 0 Å². The Morgan fingerprint density at radius 1 is 1.00 bits per heavy atom. The first kappa shape index (κ1) is 22.7. The fourth-order valence-corrected chi connectivity index (χ4v) is 4.28. The molecule has 0 fully saturated rings. The highest BCUT2D eigenvalue weighted by Gasteiger charge is 2.16. The Kier molecular flexibility index (Phi) is 6.91. The van der Waals surface area contributed by atoms with Crippen molar-refractivity contribution < 1.29 is 17.9 Å². The Balaban J connectivity index is 1.61. The summed E-state index contributed by atoms with van der Waals surface area (Å²) in [5.41, 5.74) is 2.82. The zero-order valence-corrected chi connectivity index (χ0v) is 19.5. The van der Waals surface area contributed by atoms with Crippen molar-refractivity contribution in [3.8, 4) is 5.75 Å². The maximum absolute atomic E-state index is 12.6. The highest BCUT2D eigenvalue weighted by atomic mass is 79.9. The Hall–Kier alpha value is -2.98. The van der Waals surface area contributed by atoms with Gasteiger partial charge in [-0.1, -0.05) is 6.07 Å². The van der Waals surface area contributed by atoms with Gasteiger partial charge in [0.2, 0.25) is 5.95 Å². The van der Waals surface area contributed by atoms with Crippen LogP contribution in [0.25, 0.3) is 0 Å². The zero-order valence-electron chi connectivity index (χ0n) is 17.1. The molecule has 0 aliphatic heterocycles. The number of rotatable bonds is 7. The van der Waals surface area contributed by atoms with Crippen molar-refractivity contribution in [2.75, 3.05) is 16.6 Å². The van der Waals surface area contributed by atoms with E-state index in [1.54, 1.807) is 26.0 Å². The highest BCUT2D eigenvalue weighted by molar-refractivity contribution is 9.10. The minimum absolute atomic E-state index is 0.00861. The molecule has 2 N–H and O–H groups in total.